The minimum Gasteiger partial charge on any atom is -0.469 e. The second-order valence-electron chi connectivity index (χ2n) is 3.46. The van der Waals surface area contributed by atoms with Gasteiger partial charge in [0.2, 0.25) is 0 Å². The molecule has 0 rings (SSSR count). The van der Waals surface area contributed by atoms with Crippen molar-refractivity contribution in [3.8, 4) is 0 Å². The third-order valence-corrected chi connectivity index (χ3v) is 2.53. The smallest absolute Gasteiger partial charge is 0.309 e. The van der Waals surface area contributed by atoms with E-state index in [1.165, 1.54) is 14.2 Å². The van der Waals surface area contributed by atoms with E-state index in [0.717, 1.165) is 6.42 Å². The van der Waals surface area contributed by atoms with Crippen LogP contribution in [0.15, 0.2) is 0 Å². The molecule has 0 heterocycles. The summed E-state index contributed by atoms with van der Waals surface area (Å²) in [6, 6.07) is 0. The summed E-state index contributed by atoms with van der Waals surface area (Å²) in [5, 5.41) is 0. The molecule has 0 fully saturated rings. The molecule has 0 aliphatic heterocycles. The molecule has 0 aromatic carbocycles. The molecule has 0 aromatic heterocycles. The van der Waals surface area contributed by atoms with Crippen LogP contribution in [-0.2, 0) is 19.1 Å². The average molecular weight is 246 g/mol. The maximum absolute atomic E-state index is 11.5. The van der Waals surface area contributed by atoms with Gasteiger partial charge in [-0.15, -0.1) is 0 Å². The Morgan fingerprint density at radius 1 is 0.941 bits per heavy atom. The van der Waals surface area contributed by atoms with Crippen molar-refractivity contribution in [1.29, 1.82) is 0 Å². The number of carbonyl (C=O) groups is 2. The van der Waals surface area contributed by atoms with E-state index >= 15 is 0 Å². The van der Waals surface area contributed by atoms with Crippen LogP contribution in [0.25, 0.3) is 0 Å². The molecule has 0 aliphatic rings. The lowest BCUT2D eigenvalue weighted by molar-refractivity contribution is -0.158. The number of methoxy groups -OCH3 is 2. The number of esters is 2. The van der Waals surface area contributed by atoms with Gasteiger partial charge < -0.3 is 9.47 Å². The number of hydrogen-bond donors (Lipinski definition) is 0. The number of hydrogen-bond acceptors (Lipinski definition) is 4. The van der Waals surface area contributed by atoms with Crippen LogP contribution < -0.4 is 0 Å². The Kier molecular flexibility index (Phi) is 12.3. The van der Waals surface area contributed by atoms with Crippen molar-refractivity contribution in [2.24, 2.45) is 11.8 Å². The van der Waals surface area contributed by atoms with E-state index in [4.69, 9.17) is 4.74 Å². The zero-order chi connectivity index (χ0) is 13.8. The van der Waals surface area contributed by atoms with Crippen LogP contribution >= 0.6 is 0 Å². The number of carbonyl (C=O) groups excluding carboxylic acids is 2. The molecule has 0 N–H and O–H groups in total. The SMILES string of the molecule is CC.CCCC(C(=O)OC)C(CC)C(=O)OC. The van der Waals surface area contributed by atoms with Gasteiger partial charge in [0.25, 0.3) is 0 Å². The molecule has 0 aliphatic carbocycles. The normalized spacial score (nSPS) is 12.8. The lowest BCUT2D eigenvalue weighted by Gasteiger charge is -2.21. The summed E-state index contributed by atoms with van der Waals surface area (Å²) in [6.45, 7) is 7.84. The summed E-state index contributed by atoms with van der Waals surface area (Å²) in [4.78, 5) is 22.9. The van der Waals surface area contributed by atoms with Gasteiger partial charge in [-0.3, -0.25) is 9.59 Å². The van der Waals surface area contributed by atoms with E-state index in [2.05, 4.69) is 4.74 Å². The Balaban J connectivity index is 0. The Morgan fingerprint density at radius 2 is 1.35 bits per heavy atom. The van der Waals surface area contributed by atoms with E-state index in [0.29, 0.717) is 12.8 Å². The lowest BCUT2D eigenvalue weighted by Crippen LogP contribution is -2.31. The minimum atomic E-state index is -0.387. The lowest BCUT2D eigenvalue weighted by atomic mass is 9.86. The van der Waals surface area contributed by atoms with E-state index in [-0.39, 0.29) is 23.8 Å². The summed E-state index contributed by atoms with van der Waals surface area (Å²) in [6.07, 6.45) is 2.08. The second kappa shape index (κ2) is 11.4. The fraction of sp³-hybridized carbons (Fsp3) is 0.846. The third kappa shape index (κ3) is 6.29. The van der Waals surface area contributed by atoms with Crippen molar-refractivity contribution >= 4 is 11.9 Å². The largest absolute Gasteiger partial charge is 0.469 e. The zero-order valence-electron chi connectivity index (χ0n) is 11.9. The highest BCUT2D eigenvalue weighted by Gasteiger charge is 2.33. The Hall–Kier alpha value is -1.06. The molecule has 102 valence electrons. The quantitative estimate of drug-likeness (QED) is 0.676. The highest BCUT2D eigenvalue weighted by molar-refractivity contribution is 5.81. The Labute approximate surface area is 105 Å². The summed E-state index contributed by atoms with van der Waals surface area (Å²) in [7, 11) is 2.68. The number of rotatable bonds is 6. The molecule has 0 saturated carbocycles. The predicted octanol–water partition coefficient (Wildman–Crippen LogP) is 2.80. The van der Waals surface area contributed by atoms with Gasteiger partial charge in [0, 0.05) is 0 Å². The Morgan fingerprint density at radius 3 is 1.65 bits per heavy atom. The molecule has 0 saturated heterocycles. The maximum Gasteiger partial charge on any atom is 0.309 e. The highest BCUT2D eigenvalue weighted by atomic mass is 16.5. The molecule has 17 heavy (non-hydrogen) atoms. The van der Waals surface area contributed by atoms with Crippen molar-refractivity contribution in [2.75, 3.05) is 14.2 Å². The van der Waals surface area contributed by atoms with Gasteiger partial charge in [0.1, 0.15) is 0 Å². The summed E-state index contributed by atoms with van der Waals surface area (Å²) < 4.78 is 9.37. The van der Waals surface area contributed by atoms with Gasteiger partial charge in [-0.1, -0.05) is 34.1 Å². The van der Waals surface area contributed by atoms with Crippen molar-refractivity contribution < 1.29 is 19.1 Å². The molecule has 0 aromatic rings. The van der Waals surface area contributed by atoms with Gasteiger partial charge >= 0.3 is 11.9 Å². The predicted molar refractivity (Wildman–Crippen MR) is 67.6 cm³/mol. The van der Waals surface area contributed by atoms with Crippen molar-refractivity contribution in [3.63, 3.8) is 0 Å². The maximum atomic E-state index is 11.5. The number of ether oxygens (including phenoxy) is 2. The van der Waals surface area contributed by atoms with Gasteiger partial charge in [-0.25, -0.2) is 0 Å². The average Bonchev–Trinajstić information content (AvgIpc) is 2.39. The van der Waals surface area contributed by atoms with Crippen LogP contribution in [-0.4, -0.2) is 26.2 Å². The van der Waals surface area contributed by atoms with E-state index < -0.39 is 0 Å². The van der Waals surface area contributed by atoms with E-state index in [9.17, 15) is 9.59 Å². The Bertz CT molecular complexity index is 213. The topological polar surface area (TPSA) is 52.6 Å². The molecule has 0 amide bonds. The fourth-order valence-electron chi connectivity index (χ4n) is 1.71. The van der Waals surface area contributed by atoms with Crippen molar-refractivity contribution in [2.45, 2.75) is 47.0 Å². The zero-order valence-corrected chi connectivity index (χ0v) is 11.9. The van der Waals surface area contributed by atoms with Crippen LogP contribution in [0.3, 0.4) is 0 Å². The first-order chi connectivity index (χ1) is 8.12. The van der Waals surface area contributed by atoms with Gasteiger partial charge in [0.15, 0.2) is 0 Å². The highest BCUT2D eigenvalue weighted by Crippen LogP contribution is 2.23. The molecule has 4 nitrogen and oxygen atoms in total. The van der Waals surface area contributed by atoms with Gasteiger partial charge in [-0.05, 0) is 12.8 Å². The standard InChI is InChI=1S/C11H20O4.C2H6/c1-5-7-9(11(13)15-4)8(6-2)10(12)14-3;1-2/h8-9H,5-7H2,1-4H3;1-2H3. The van der Waals surface area contributed by atoms with Crippen LogP contribution in [0, 0.1) is 11.8 Å². The third-order valence-electron chi connectivity index (χ3n) is 2.53. The molecule has 0 radical (unpaired) electrons. The molecule has 0 bridgehead atoms. The van der Waals surface area contributed by atoms with Gasteiger partial charge in [0.05, 0.1) is 26.1 Å². The minimum absolute atomic E-state index is 0.325. The summed E-state index contributed by atoms with van der Waals surface area (Å²) in [5.74, 6) is -1.42. The van der Waals surface area contributed by atoms with E-state index in [1.807, 2.05) is 27.7 Å². The molecule has 0 spiro atoms. The van der Waals surface area contributed by atoms with Crippen LogP contribution in [0.4, 0.5) is 0 Å². The second-order valence-corrected chi connectivity index (χ2v) is 3.46. The van der Waals surface area contributed by atoms with Crippen molar-refractivity contribution in [1.82, 2.24) is 0 Å². The monoisotopic (exact) mass is 246 g/mol. The van der Waals surface area contributed by atoms with Crippen LogP contribution in [0.2, 0.25) is 0 Å². The molecular weight excluding hydrogens is 220 g/mol. The van der Waals surface area contributed by atoms with Gasteiger partial charge in [-0.2, -0.15) is 0 Å². The first-order valence-electron chi connectivity index (χ1n) is 6.27. The van der Waals surface area contributed by atoms with Crippen LogP contribution in [0.5, 0.6) is 0 Å². The summed E-state index contributed by atoms with van der Waals surface area (Å²) >= 11 is 0. The first kappa shape index (κ1) is 18.3. The summed E-state index contributed by atoms with van der Waals surface area (Å²) in [5.41, 5.74) is 0. The molecule has 2 unspecified atom stereocenters. The fourth-order valence-corrected chi connectivity index (χ4v) is 1.71. The van der Waals surface area contributed by atoms with E-state index in [1.54, 1.807) is 0 Å². The van der Waals surface area contributed by atoms with Crippen molar-refractivity contribution in [3.05, 3.63) is 0 Å². The van der Waals surface area contributed by atoms with Crippen LogP contribution in [0.1, 0.15) is 47.0 Å². The molecule has 4 heteroatoms. The molecule has 2 atom stereocenters. The molecular formula is C13H26O4. The first-order valence-corrected chi connectivity index (χ1v) is 6.27.